The molecule has 20 heavy (non-hydrogen) atoms. The fraction of sp³-hybridized carbons (Fsp3) is 0.895. The summed E-state index contributed by atoms with van der Waals surface area (Å²) in [4.78, 5) is 0. The first-order chi connectivity index (χ1) is 9.90. The predicted octanol–water partition coefficient (Wildman–Crippen LogP) is 5.60. The fourth-order valence-electron chi connectivity index (χ4n) is 4.17. The van der Waals surface area contributed by atoms with Gasteiger partial charge in [-0.2, -0.15) is 0 Å². The van der Waals surface area contributed by atoms with Gasteiger partial charge in [-0.25, -0.2) is 0 Å². The molecule has 0 aromatic rings. The maximum Gasteiger partial charge on any atom is 0.0252 e. The van der Waals surface area contributed by atoms with Crippen molar-refractivity contribution in [2.75, 3.05) is 0 Å². The Morgan fingerprint density at radius 2 is 1.25 bits per heavy atom. The van der Waals surface area contributed by atoms with Crippen LogP contribution >= 0.6 is 0 Å². The Morgan fingerprint density at radius 1 is 0.700 bits per heavy atom. The van der Waals surface area contributed by atoms with Gasteiger partial charge in [0.1, 0.15) is 0 Å². The molecule has 1 N–H and O–H groups in total. The van der Waals surface area contributed by atoms with E-state index >= 15 is 0 Å². The second-order valence-electron chi connectivity index (χ2n) is 7.00. The first-order valence-electron chi connectivity index (χ1n) is 9.29. The van der Waals surface area contributed by atoms with Crippen molar-refractivity contribution in [3.05, 3.63) is 12.2 Å². The lowest BCUT2D eigenvalue weighted by Crippen LogP contribution is -2.42. The minimum Gasteiger partial charge on any atom is -0.307 e. The van der Waals surface area contributed by atoms with Crippen LogP contribution in [0.15, 0.2) is 12.2 Å². The van der Waals surface area contributed by atoms with E-state index in [4.69, 9.17) is 0 Å². The molecule has 1 saturated heterocycles. The Morgan fingerprint density at radius 3 is 1.90 bits per heavy atom. The van der Waals surface area contributed by atoms with E-state index in [1.54, 1.807) is 0 Å². The maximum atomic E-state index is 4.04. The van der Waals surface area contributed by atoms with Crippen molar-refractivity contribution in [3.63, 3.8) is 0 Å². The summed E-state index contributed by atoms with van der Waals surface area (Å²) in [7, 11) is 0. The average Bonchev–Trinajstić information content (AvgIpc) is 2.46. The van der Waals surface area contributed by atoms with E-state index in [0.29, 0.717) is 6.04 Å². The summed E-state index contributed by atoms with van der Waals surface area (Å²) >= 11 is 0. The molecule has 2 rings (SSSR count). The van der Waals surface area contributed by atoms with E-state index in [9.17, 15) is 0 Å². The van der Waals surface area contributed by atoms with Gasteiger partial charge < -0.3 is 5.32 Å². The molecule has 0 radical (unpaired) electrons. The SMILES string of the molecule is CC=CC1CCCCCCCC2CCCCCCC2N1. The van der Waals surface area contributed by atoms with Crippen molar-refractivity contribution < 1.29 is 0 Å². The van der Waals surface area contributed by atoms with Gasteiger partial charge in [0.05, 0.1) is 0 Å². The zero-order valence-electron chi connectivity index (χ0n) is 13.6. The van der Waals surface area contributed by atoms with Crippen molar-refractivity contribution >= 4 is 0 Å². The molecule has 3 atom stereocenters. The minimum absolute atomic E-state index is 0.630. The van der Waals surface area contributed by atoms with Crippen molar-refractivity contribution in [1.82, 2.24) is 5.32 Å². The van der Waals surface area contributed by atoms with E-state index in [0.717, 1.165) is 12.0 Å². The molecule has 1 aliphatic heterocycles. The van der Waals surface area contributed by atoms with Crippen molar-refractivity contribution in [2.45, 2.75) is 102 Å². The van der Waals surface area contributed by atoms with E-state index in [1.165, 1.54) is 83.5 Å². The first kappa shape index (κ1) is 16.1. The van der Waals surface area contributed by atoms with Gasteiger partial charge >= 0.3 is 0 Å². The van der Waals surface area contributed by atoms with Crippen LogP contribution in [0.3, 0.4) is 0 Å². The average molecular weight is 277 g/mol. The highest BCUT2D eigenvalue weighted by atomic mass is 15.0. The monoisotopic (exact) mass is 277 g/mol. The standard InChI is InChI=1S/C19H35N/c1-2-12-18-15-10-5-3-4-8-13-17-14-9-6-7-11-16-19(17)20-18/h2,12,17-20H,3-11,13-16H2,1H3. The maximum absolute atomic E-state index is 4.04. The predicted molar refractivity (Wildman–Crippen MR) is 89.0 cm³/mol. The third-order valence-corrected chi connectivity index (χ3v) is 5.35. The van der Waals surface area contributed by atoms with Crippen LogP contribution in [0.5, 0.6) is 0 Å². The molecule has 1 nitrogen and oxygen atoms in total. The third kappa shape index (κ3) is 5.60. The van der Waals surface area contributed by atoms with E-state index in [2.05, 4.69) is 24.4 Å². The van der Waals surface area contributed by atoms with Crippen molar-refractivity contribution in [1.29, 1.82) is 0 Å². The number of hydrogen-bond donors (Lipinski definition) is 1. The molecular formula is C19H35N. The van der Waals surface area contributed by atoms with Crippen LogP contribution in [-0.2, 0) is 0 Å². The van der Waals surface area contributed by atoms with Gasteiger partial charge in [-0.15, -0.1) is 0 Å². The van der Waals surface area contributed by atoms with E-state index in [-0.39, 0.29) is 0 Å². The van der Waals surface area contributed by atoms with Crippen LogP contribution in [0.25, 0.3) is 0 Å². The van der Waals surface area contributed by atoms with Gasteiger partial charge in [-0.1, -0.05) is 69.9 Å². The number of fused-ring (bicyclic) bond motifs is 1. The third-order valence-electron chi connectivity index (χ3n) is 5.35. The number of nitrogens with one attached hydrogen (secondary N) is 1. The van der Waals surface area contributed by atoms with Crippen LogP contribution in [0.4, 0.5) is 0 Å². The lowest BCUT2D eigenvalue weighted by atomic mass is 9.83. The zero-order valence-corrected chi connectivity index (χ0v) is 13.6. The highest BCUT2D eigenvalue weighted by Gasteiger charge is 2.24. The molecule has 0 amide bonds. The van der Waals surface area contributed by atoms with Crippen LogP contribution < -0.4 is 5.32 Å². The second kappa shape index (κ2) is 9.60. The summed E-state index contributed by atoms with van der Waals surface area (Å²) < 4.78 is 0. The van der Waals surface area contributed by atoms with Crippen molar-refractivity contribution in [3.8, 4) is 0 Å². The van der Waals surface area contributed by atoms with Crippen LogP contribution in [0, 0.1) is 5.92 Å². The Bertz CT molecular complexity index is 271. The Balaban J connectivity index is 2.01. The molecule has 0 bridgehead atoms. The topological polar surface area (TPSA) is 12.0 Å². The summed E-state index contributed by atoms with van der Waals surface area (Å²) in [6.07, 6.45) is 23.4. The molecule has 3 unspecified atom stereocenters. The molecule has 1 heteroatoms. The second-order valence-corrected chi connectivity index (χ2v) is 7.00. The molecule has 1 heterocycles. The smallest absolute Gasteiger partial charge is 0.0252 e. The molecule has 0 aromatic carbocycles. The van der Waals surface area contributed by atoms with Gasteiger partial charge in [-0.05, 0) is 38.5 Å². The van der Waals surface area contributed by atoms with Gasteiger partial charge in [0.2, 0.25) is 0 Å². The molecular weight excluding hydrogens is 242 g/mol. The highest BCUT2D eigenvalue weighted by molar-refractivity contribution is 4.94. The van der Waals surface area contributed by atoms with Gasteiger partial charge in [0.15, 0.2) is 0 Å². The fourth-order valence-corrected chi connectivity index (χ4v) is 4.17. The summed E-state index contributed by atoms with van der Waals surface area (Å²) in [5, 5.41) is 4.04. The minimum atomic E-state index is 0.630. The molecule has 116 valence electrons. The van der Waals surface area contributed by atoms with E-state index in [1.807, 2.05) is 0 Å². The van der Waals surface area contributed by atoms with Crippen LogP contribution in [-0.4, -0.2) is 12.1 Å². The number of rotatable bonds is 1. The highest BCUT2D eigenvalue weighted by Crippen LogP contribution is 2.28. The summed E-state index contributed by atoms with van der Waals surface area (Å²) in [6.45, 7) is 2.17. The molecule has 0 aromatic heterocycles. The normalized spacial score (nSPS) is 34.8. The number of hydrogen-bond acceptors (Lipinski definition) is 1. The molecule has 2 fully saturated rings. The lowest BCUT2D eigenvalue weighted by molar-refractivity contribution is 0.254. The van der Waals surface area contributed by atoms with Gasteiger partial charge in [0, 0.05) is 12.1 Å². The number of allylic oxidation sites excluding steroid dienone is 1. The Labute approximate surface area is 126 Å². The Hall–Kier alpha value is -0.300. The molecule has 1 saturated carbocycles. The molecule has 1 aliphatic carbocycles. The summed E-state index contributed by atoms with van der Waals surface area (Å²) in [6, 6.07) is 1.42. The summed E-state index contributed by atoms with van der Waals surface area (Å²) in [5.74, 6) is 0.946. The summed E-state index contributed by atoms with van der Waals surface area (Å²) in [5.41, 5.74) is 0. The van der Waals surface area contributed by atoms with Gasteiger partial charge in [0.25, 0.3) is 0 Å². The quantitative estimate of drug-likeness (QED) is 0.615. The van der Waals surface area contributed by atoms with E-state index < -0.39 is 0 Å². The van der Waals surface area contributed by atoms with Crippen molar-refractivity contribution in [2.24, 2.45) is 5.92 Å². The lowest BCUT2D eigenvalue weighted by Gasteiger charge is -2.33. The zero-order chi connectivity index (χ0) is 14.0. The van der Waals surface area contributed by atoms with Gasteiger partial charge in [-0.3, -0.25) is 0 Å². The largest absolute Gasteiger partial charge is 0.307 e. The Kier molecular flexibility index (Phi) is 7.72. The first-order valence-corrected chi connectivity index (χ1v) is 9.29. The molecule has 0 spiro atoms. The molecule has 2 aliphatic rings. The van der Waals surface area contributed by atoms with Crippen LogP contribution in [0.2, 0.25) is 0 Å². The van der Waals surface area contributed by atoms with Crippen LogP contribution in [0.1, 0.15) is 90.4 Å².